The minimum Gasteiger partial charge on any atom is -0.490 e. The molecule has 1 atom stereocenters. The van der Waals surface area contributed by atoms with Crippen molar-refractivity contribution in [2.45, 2.75) is 46.3 Å². The molecule has 1 aliphatic carbocycles. The Bertz CT molecular complexity index is 1310. The van der Waals surface area contributed by atoms with Gasteiger partial charge in [0.1, 0.15) is 6.61 Å². The number of carbonyl (C=O) groups is 1. The van der Waals surface area contributed by atoms with Gasteiger partial charge in [-0.15, -0.1) is 0 Å². The third kappa shape index (κ3) is 5.07. The second kappa shape index (κ2) is 9.90. The molecule has 186 valence electrons. The standard InChI is InChI=1S/C30H31ClN2O3/c1-4-35-27-15-20(11-14-26(27)36-18-19-9-12-21(31)13-10-19)29-28-24(16-30(2,3)17-25(28)34)32-22-7-5-6-8-23(22)33-29/h5-15,29,32-33H,4,16-18H2,1-3H3. The van der Waals surface area contributed by atoms with Gasteiger partial charge >= 0.3 is 0 Å². The number of anilines is 2. The fourth-order valence-corrected chi connectivity index (χ4v) is 5.10. The van der Waals surface area contributed by atoms with Crippen molar-refractivity contribution in [3.8, 4) is 11.5 Å². The maximum Gasteiger partial charge on any atom is 0.163 e. The second-order valence-corrected chi connectivity index (χ2v) is 10.6. The lowest BCUT2D eigenvalue weighted by Crippen LogP contribution is -2.31. The Morgan fingerprint density at radius 1 is 0.944 bits per heavy atom. The van der Waals surface area contributed by atoms with E-state index in [1.54, 1.807) is 0 Å². The first kappa shape index (κ1) is 24.3. The molecule has 0 saturated carbocycles. The van der Waals surface area contributed by atoms with E-state index < -0.39 is 0 Å². The first-order valence-corrected chi connectivity index (χ1v) is 12.7. The molecule has 0 aromatic heterocycles. The maximum absolute atomic E-state index is 13.5. The number of ketones is 1. The molecule has 2 aliphatic rings. The number of Topliss-reactive ketones (excluding diaryl/α,β-unsaturated/α-hetero) is 1. The van der Waals surface area contributed by atoms with Crippen LogP contribution >= 0.6 is 11.6 Å². The summed E-state index contributed by atoms with van der Waals surface area (Å²) in [5, 5.41) is 7.90. The molecule has 3 aromatic carbocycles. The lowest BCUT2D eigenvalue weighted by Gasteiger charge is -2.34. The van der Waals surface area contributed by atoms with E-state index in [4.69, 9.17) is 21.1 Å². The number of rotatable bonds is 6. The molecule has 1 heterocycles. The molecule has 0 amide bonds. The van der Waals surface area contributed by atoms with Crippen molar-refractivity contribution in [3.63, 3.8) is 0 Å². The Morgan fingerprint density at radius 3 is 2.44 bits per heavy atom. The first-order chi connectivity index (χ1) is 17.3. The van der Waals surface area contributed by atoms with E-state index in [0.29, 0.717) is 36.2 Å². The molecule has 3 aromatic rings. The number of carbonyl (C=O) groups excluding carboxylic acids is 1. The zero-order chi connectivity index (χ0) is 25.3. The van der Waals surface area contributed by atoms with E-state index in [1.807, 2.05) is 73.7 Å². The van der Waals surface area contributed by atoms with Gasteiger partial charge in [0.2, 0.25) is 0 Å². The van der Waals surface area contributed by atoms with Crippen molar-refractivity contribution in [1.29, 1.82) is 0 Å². The van der Waals surface area contributed by atoms with Gasteiger partial charge in [-0.2, -0.15) is 0 Å². The number of para-hydroxylation sites is 2. The van der Waals surface area contributed by atoms with Crippen molar-refractivity contribution in [3.05, 3.63) is 94.1 Å². The number of allylic oxidation sites excluding steroid dienone is 1. The Balaban J connectivity index is 1.51. The predicted molar refractivity (Wildman–Crippen MR) is 145 cm³/mol. The smallest absolute Gasteiger partial charge is 0.163 e. The van der Waals surface area contributed by atoms with E-state index >= 15 is 0 Å². The first-order valence-electron chi connectivity index (χ1n) is 12.4. The highest BCUT2D eigenvalue weighted by atomic mass is 35.5. The summed E-state index contributed by atoms with van der Waals surface area (Å²) >= 11 is 6.01. The minimum absolute atomic E-state index is 0.0946. The molecule has 0 saturated heterocycles. The van der Waals surface area contributed by atoms with Gasteiger partial charge in [0, 0.05) is 22.7 Å². The van der Waals surface area contributed by atoms with Crippen LogP contribution in [0.3, 0.4) is 0 Å². The quantitative estimate of drug-likeness (QED) is 0.364. The third-order valence-corrected chi connectivity index (χ3v) is 6.88. The van der Waals surface area contributed by atoms with Gasteiger partial charge < -0.3 is 20.1 Å². The van der Waals surface area contributed by atoms with Crippen LogP contribution in [-0.2, 0) is 11.4 Å². The van der Waals surface area contributed by atoms with E-state index in [1.165, 1.54) is 0 Å². The predicted octanol–water partition coefficient (Wildman–Crippen LogP) is 7.54. The molecule has 0 spiro atoms. The molecule has 5 nitrogen and oxygen atoms in total. The molecule has 5 rings (SSSR count). The summed E-state index contributed by atoms with van der Waals surface area (Å²) in [5.41, 5.74) is 5.60. The summed E-state index contributed by atoms with van der Waals surface area (Å²) in [7, 11) is 0. The van der Waals surface area contributed by atoms with Gasteiger partial charge in [-0.1, -0.05) is 55.8 Å². The van der Waals surface area contributed by atoms with Gasteiger partial charge in [0.15, 0.2) is 17.3 Å². The van der Waals surface area contributed by atoms with Crippen molar-refractivity contribution in [2.24, 2.45) is 5.41 Å². The van der Waals surface area contributed by atoms with Gasteiger partial charge in [0.05, 0.1) is 24.0 Å². The van der Waals surface area contributed by atoms with Gasteiger partial charge in [0.25, 0.3) is 0 Å². The van der Waals surface area contributed by atoms with Gasteiger partial charge in [-0.05, 0) is 66.3 Å². The highest BCUT2D eigenvalue weighted by molar-refractivity contribution is 6.30. The molecule has 1 aliphatic heterocycles. The van der Waals surface area contributed by atoms with Crippen LogP contribution in [0.1, 0.15) is 50.8 Å². The molecule has 2 N–H and O–H groups in total. The van der Waals surface area contributed by atoms with Crippen LogP contribution < -0.4 is 20.1 Å². The zero-order valence-electron chi connectivity index (χ0n) is 20.9. The number of nitrogens with one attached hydrogen (secondary N) is 2. The fraction of sp³-hybridized carbons (Fsp3) is 0.300. The monoisotopic (exact) mass is 502 g/mol. The third-order valence-electron chi connectivity index (χ3n) is 6.63. The largest absolute Gasteiger partial charge is 0.490 e. The lowest BCUT2D eigenvalue weighted by atomic mass is 9.73. The Labute approximate surface area is 217 Å². The highest BCUT2D eigenvalue weighted by Crippen LogP contribution is 2.46. The number of ether oxygens (including phenoxy) is 2. The normalized spacial score (nSPS) is 18.3. The van der Waals surface area contributed by atoms with Crippen LogP contribution in [0.5, 0.6) is 11.5 Å². The van der Waals surface area contributed by atoms with E-state index in [0.717, 1.165) is 40.2 Å². The summed E-state index contributed by atoms with van der Waals surface area (Å²) in [6, 6.07) is 21.3. The Kier molecular flexibility index (Phi) is 6.67. The minimum atomic E-state index is -0.302. The summed E-state index contributed by atoms with van der Waals surface area (Å²) in [5.74, 6) is 1.48. The average Bonchev–Trinajstić information content (AvgIpc) is 3.00. The SMILES string of the molecule is CCOc1cc(C2Nc3ccccc3NC3=C2C(=O)CC(C)(C)C3)ccc1OCc1ccc(Cl)cc1. The van der Waals surface area contributed by atoms with Crippen LogP contribution in [0.4, 0.5) is 11.4 Å². The van der Waals surface area contributed by atoms with Crippen molar-refractivity contribution in [2.75, 3.05) is 17.2 Å². The molecule has 6 heteroatoms. The number of hydrogen-bond donors (Lipinski definition) is 2. The van der Waals surface area contributed by atoms with Crippen LogP contribution in [0.2, 0.25) is 5.02 Å². The fourth-order valence-electron chi connectivity index (χ4n) is 4.97. The lowest BCUT2D eigenvalue weighted by molar-refractivity contribution is -0.118. The summed E-state index contributed by atoms with van der Waals surface area (Å²) in [4.78, 5) is 13.5. The summed E-state index contributed by atoms with van der Waals surface area (Å²) in [6.07, 6.45) is 1.32. The number of fused-ring (bicyclic) bond motifs is 1. The number of benzene rings is 3. The van der Waals surface area contributed by atoms with E-state index in [9.17, 15) is 4.79 Å². The summed E-state index contributed by atoms with van der Waals surface area (Å²) in [6.45, 7) is 7.15. The van der Waals surface area contributed by atoms with Crippen LogP contribution in [0, 0.1) is 5.41 Å². The van der Waals surface area contributed by atoms with Crippen LogP contribution in [0.15, 0.2) is 78.0 Å². The maximum atomic E-state index is 13.5. The molecule has 36 heavy (non-hydrogen) atoms. The van der Waals surface area contributed by atoms with Crippen LogP contribution in [-0.4, -0.2) is 12.4 Å². The second-order valence-electron chi connectivity index (χ2n) is 10.1. The summed E-state index contributed by atoms with van der Waals surface area (Å²) < 4.78 is 12.1. The Morgan fingerprint density at radius 2 is 1.69 bits per heavy atom. The molecule has 0 bridgehead atoms. The highest BCUT2D eigenvalue weighted by Gasteiger charge is 2.38. The van der Waals surface area contributed by atoms with Crippen molar-refractivity contribution < 1.29 is 14.3 Å². The average molecular weight is 503 g/mol. The van der Waals surface area contributed by atoms with Crippen LogP contribution in [0.25, 0.3) is 0 Å². The molecule has 0 fully saturated rings. The van der Waals surface area contributed by atoms with E-state index in [2.05, 4.69) is 24.5 Å². The Hall–Kier alpha value is -3.44. The zero-order valence-corrected chi connectivity index (χ0v) is 21.6. The van der Waals surface area contributed by atoms with Gasteiger partial charge in [-0.25, -0.2) is 0 Å². The van der Waals surface area contributed by atoms with Gasteiger partial charge in [-0.3, -0.25) is 4.79 Å². The number of hydrogen-bond acceptors (Lipinski definition) is 5. The molecule has 0 radical (unpaired) electrons. The molecular formula is C30H31ClN2O3. The molecular weight excluding hydrogens is 472 g/mol. The van der Waals surface area contributed by atoms with Crippen molar-refractivity contribution in [1.82, 2.24) is 0 Å². The topological polar surface area (TPSA) is 59.6 Å². The molecule has 1 unspecified atom stereocenters. The van der Waals surface area contributed by atoms with Crippen molar-refractivity contribution >= 4 is 28.8 Å². The number of halogens is 1. The van der Waals surface area contributed by atoms with E-state index in [-0.39, 0.29) is 17.2 Å².